The molecule has 1 saturated carbocycles. The monoisotopic (exact) mass is 523 g/mol. The normalized spacial score (nSPS) is 17.7. The molecule has 12 heteroatoms. The van der Waals surface area contributed by atoms with Crippen LogP contribution < -0.4 is 5.32 Å². The molecule has 3 atom stereocenters. The lowest BCUT2D eigenvalue weighted by molar-refractivity contribution is -0.165. The summed E-state index contributed by atoms with van der Waals surface area (Å²) in [6.45, 7) is 6.20. The van der Waals surface area contributed by atoms with Crippen molar-refractivity contribution in [3.8, 4) is 0 Å². The van der Waals surface area contributed by atoms with Crippen LogP contribution >= 0.6 is 0 Å². The summed E-state index contributed by atoms with van der Waals surface area (Å²) in [6, 6.07) is 0. The van der Waals surface area contributed by atoms with Gasteiger partial charge in [-0.15, -0.1) is 0 Å². The number of carbonyl (C=O) groups excluding carboxylic acids is 2. The van der Waals surface area contributed by atoms with Crippen molar-refractivity contribution in [3.05, 3.63) is 0 Å². The Morgan fingerprint density at radius 1 is 1.11 bits per heavy atom. The molecule has 0 bridgehead atoms. The van der Waals surface area contributed by atoms with Crippen LogP contribution in [0, 0.1) is 11.3 Å². The molecule has 0 heterocycles. The minimum absolute atomic E-state index is 0.0601. The summed E-state index contributed by atoms with van der Waals surface area (Å²) in [5, 5.41) is 22.4. The fraction of sp³-hybridized carbons (Fsp3) is 0.870. The van der Waals surface area contributed by atoms with Gasteiger partial charge in [0.15, 0.2) is 6.10 Å². The molecular weight excluding hydrogens is 482 g/mol. The number of carboxylic acid groups (broad SMARTS) is 1. The molecule has 0 radical (unpaired) electrons. The van der Waals surface area contributed by atoms with Gasteiger partial charge in [0.05, 0.1) is 12.4 Å². The van der Waals surface area contributed by atoms with E-state index in [4.69, 9.17) is 13.7 Å². The van der Waals surface area contributed by atoms with Crippen molar-refractivity contribution in [3.63, 3.8) is 0 Å². The van der Waals surface area contributed by atoms with E-state index in [2.05, 4.69) is 5.32 Å². The van der Waals surface area contributed by atoms with Gasteiger partial charge in [-0.25, -0.2) is 9.59 Å². The number of aliphatic carboxylic acids is 1. The molecule has 11 nitrogen and oxygen atoms in total. The Morgan fingerprint density at radius 3 is 2.29 bits per heavy atom. The molecule has 1 aliphatic rings. The molecule has 1 fully saturated rings. The number of aliphatic hydroxyl groups excluding tert-OH is 1. The Kier molecular flexibility index (Phi) is 13.0. The van der Waals surface area contributed by atoms with E-state index in [9.17, 15) is 33.0 Å². The summed E-state index contributed by atoms with van der Waals surface area (Å²) in [4.78, 5) is 35.2. The van der Waals surface area contributed by atoms with Crippen LogP contribution in [0.1, 0.15) is 79.1 Å². The average Bonchev–Trinajstić information content (AvgIpc) is 2.79. The second kappa shape index (κ2) is 14.6. The fourth-order valence-electron chi connectivity index (χ4n) is 4.11. The van der Waals surface area contributed by atoms with Crippen LogP contribution in [0.3, 0.4) is 0 Å². The molecule has 0 saturated heterocycles. The van der Waals surface area contributed by atoms with Crippen LogP contribution in [0.5, 0.6) is 0 Å². The number of hydrogen-bond donors (Lipinski definition) is 3. The van der Waals surface area contributed by atoms with Gasteiger partial charge in [0.1, 0.15) is 12.2 Å². The highest BCUT2D eigenvalue weighted by Crippen LogP contribution is 2.39. The van der Waals surface area contributed by atoms with Gasteiger partial charge in [-0.3, -0.25) is 8.98 Å². The summed E-state index contributed by atoms with van der Waals surface area (Å²) in [5.41, 5.74) is -1.65. The van der Waals surface area contributed by atoms with E-state index in [1.54, 1.807) is 0 Å². The number of unbranched alkanes of at least 4 members (excludes halogenated alkanes) is 1. The molecule has 35 heavy (non-hydrogen) atoms. The summed E-state index contributed by atoms with van der Waals surface area (Å²) in [5.74, 6) is -2.62. The van der Waals surface area contributed by atoms with Crippen molar-refractivity contribution in [2.75, 3.05) is 18.9 Å². The first-order valence-electron chi connectivity index (χ1n) is 12.2. The molecule has 0 aromatic rings. The number of hydrogen-bond acceptors (Lipinski definition) is 9. The largest absolute Gasteiger partial charge is 0.508 e. The summed E-state index contributed by atoms with van der Waals surface area (Å²) in [6.07, 6.45) is -0.291. The third-order valence-electron chi connectivity index (χ3n) is 6.23. The van der Waals surface area contributed by atoms with Crippen LogP contribution in [0.15, 0.2) is 0 Å². The SMILES string of the molecule is CCCCOC(=O)OC(C1CCCCC1)C(OS(=O)(=O)CCCNC(C)=O)C(C)(C)[C@@H](O)C(=O)O. The first-order chi connectivity index (χ1) is 16.3. The molecular formula is C23H41NO10S. The minimum atomic E-state index is -4.25. The Bertz CT molecular complexity index is 792. The van der Waals surface area contributed by atoms with Crippen LogP contribution in [0.25, 0.3) is 0 Å². The lowest BCUT2D eigenvalue weighted by Gasteiger charge is -2.42. The van der Waals surface area contributed by atoms with Gasteiger partial charge in [0.25, 0.3) is 10.1 Å². The zero-order valence-electron chi connectivity index (χ0n) is 21.2. The first-order valence-corrected chi connectivity index (χ1v) is 13.8. The average molecular weight is 524 g/mol. The molecule has 1 rings (SSSR count). The standard InChI is InChI=1S/C23H41NO10S/c1-5-6-14-32-22(29)33-18(17-11-8-7-9-12-17)20(23(3,4)19(26)21(27)28)34-35(30,31)15-10-13-24-16(2)25/h17-20,26H,5-15H2,1-4H3,(H,24,25)(H,27,28)/t18?,19-,20?/m0/s1. The number of amides is 1. The van der Waals surface area contributed by atoms with Crippen LogP contribution in [-0.4, -0.2) is 73.9 Å². The highest BCUT2D eigenvalue weighted by Gasteiger charge is 2.51. The first kappa shape index (κ1) is 31.1. The topological polar surface area (TPSA) is 166 Å². The Labute approximate surface area is 208 Å². The second-order valence-corrected chi connectivity index (χ2v) is 11.3. The van der Waals surface area contributed by atoms with Gasteiger partial charge in [0, 0.05) is 18.9 Å². The van der Waals surface area contributed by atoms with E-state index in [0.717, 1.165) is 25.7 Å². The smallest absolute Gasteiger partial charge is 0.479 e. The zero-order chi connectivity index (χ0) is 26.6. The lowest BCUT2D eigenvalue weighted by Crippen LogP contribution is -2.55. The molecule has 3 N–H and O–H groups in total. The number of ether oxygens (including phenoxy) is 2. The highest BCUT2D eigenvalue weighted by atomic mass is 32.2. The molecule has 0 aromatic carbocycles. The molecule has 0 spiro atoms. The maximum absolute atomic E-state index is 12.9. The number of carbonyl (C=O) groups is 3. The molecule has 1 amide bonds. The number of rotatable bonds is 15. The van der Waals surface area contributed by atoms with Gasteiger partial charge in [-0.2, -0.15) is 8.42 Å². The molecule has 1 aliphatic carbocycles. The molecule has 204 valence electrons. The van der Waals surface area contributed by atoms with Crippen molar-refractivity contribution in [1.82, 2.24) is 5.32 Å². The van der Waals surface area contributed by atoms with E-state index in [1.165, 1.54) is 20.8 Å². The van der Waals surface area contributed by atoms with Gasteiger partial charge >= 0.3 is 12.1 Å². The predicted molar refractivity (Wildman–Crippen MR) is 127 cm³/mol. The van der Waals surface area contributed by atoms with E-state index in [-0.39, 0.29) is 31.4 Å². The molecule has 0 aliphatic heterocycles. The van der Waals surface area contributed by atoms with Crippen molar-refractivity contribution in [2.45, 2.75) is 97.4 Å². The van der Waals surface area contributed by atoms with Crippen LogP contribution in [-0.2, 0) is 33.4 Å². The Hall–Kier alpha value is -1.92. The third kappa shape index (κ3) is 10.7. The van der Waals surface area contributed by atoms with Crippen LogP contribution in [0.2, 0.25) is 0 Å². The van der Waals surface area contributed by atoms with Crippen molar-refractivity contribution in [2.24, 2.45) is 11.3 Å². The van der Waals surface area contributed by atoms with Crippen LogP contribution in [0.4, 0.5) is 4.79 Å². The predicted octanol–water partition coefficient (Wildman–Crippen LogP) is 2.60. The van der Waals surface area contributed by atoms with Gasteiger partial charge in [-0.1, -0.05) is 46.5 Å². The van der Waals surface area contributed by atoms with Gasteiger partial charge in [-0.05, 0) is 31.6 Å². The quantitative estimate of drug-likeness (QED) is 0.165. The van der Waals surface area contributed by atoms with E-state index < -0.39 is 51.7 Å². The van der Waals surface area contributed by atoms with E-state index in [1.807, 2.05) is 6.92 Å². The Morgan fingerprint density at radius 2 is 1.74 bits per heavy atom. The van der Waals surface area contributed by atoms with Crippen molar-refractivity contribution < 1.29 is 46.7 Å². The van der Waals surface area contributed by atoms with Crippen molar-refractivity contribution in [1.29, 1.82) is 0 Å². The summed E-state index contributed by atoms with van der Waals surface area (Å²) in [7, 11) is -4.25. The molecule has 0 aromatic heterocycles. The van der Waals surface area contributed by atoms with E-state index in [0.29, 0.717) is 19.3 Å². The van der Waals surface area contributed by atoms with Gasteiger partial charge < -0.3 is 25.0 Å². The minimum Gasteiger partial charge on any atom is -0.479 e. The lowest BCUT2D eigenvalue weighted by atomic mass is 9.73. The van der Waals surface area contributed by atoms with Crippen molar-refractivity contribution >= 4 is 28.1 Å². The number of aliphatic hydroxyl groups is 1. The summed E-state index contributed by atoms with van der Waals surface area (Å²) < 4.78 is 42.0. The maximum Gasteiger partial charge on any atom is 0.508 e. The zero-order valence-corrected chi connectivity index (χ0v) is 22.0. The molecule has 2 unspecified atom stereocenters. The highest BCUT2D eigenvalue weighted by molar-refractivity contribution is 7.86. The maximum atomic E-state index is 12.9. The second-order valence-electron chi connectivity index (χ2n) is 9.61. The van der Waals surface area contributed by atoms with Gasteiger partial charge in [0.2, 0.25) is 5.91 Å². The summed E-state index contributed by atoms with van der Waals surface area (Å²) >= 11 is 0. The fourth-order valence-corrected chi connectivity index (χ4v) is 5.38. The third-order valence-corrected chi connectivity index (χ3v) is 7.52. The Balaban J connectivity index is 3.27. The number of carboxylic acids is 1. The number of nitrogens with one attached hydrogen (secondary N) is 1. The van der Waals surface area contributed by atoms with E-state index >= 15 is 0 Å².